The SMILES string of the molecule is CCCCC(CC)COc1cc(C[P+](c2ccccc2)(c2ccccc2)c2ccccc2)c(OC)cc1C[P+](c1ccccc1)(c1ccccc1)c1ccccc1.O.[Br-].[Br-]. The highest BCUT2D eigenvalue weighted by atomic mass is 79.9. The van der Waals surface area contributed by atoms with Gasteiger partial charge < -0.3 is 48.9 Å². The van der Waals surface area contributed by atoms with Crippen molar-refractivity contribution in [2.24, 2.45) is 5.92 Å². The Balaban J connectivity index is 0.00000265. The van der Waals surface area contributed by atoms with Gasteiger partial charge in [0.25, 0.3) is 0 Å². The third kappa shape index (κ3) is 10.7. The van der Waals surface area contributed by atoms with Crippen LogP contribution in [-0.4, -0.2) is 19.2 Å². The van der Waals surface area contributed by atoms with E-state index in [0.29, 0.717) is 12.5 Å². The van der Waals surface area contributed by atoms with Gasteiger partial charge in [0, 0.05) is 11.1 Å². The van der Waals surface area contributed by atoms with Crippen LogP contribution >= 0.6 is 14.5 Å². The van der Waals surface area contributed by atoms with Crippen molar-refractivity contribution in [2.45, 2.75) is 51.9 Å². The molecule has 7 aromatic rings. The lowest BCUT2D eigenvalue weighted by atomic mass is 10.0. The summed E-state index contributed by atoms with van der Waals surface area (Å²) >= 11 is 0. The predicted molar refractivity (Wildman–Crippen MR) is 253 cm³/mol. The third-order valence-electron chi connectivity index (χ3n) is 11.5. The molecule has 0 radical (unpaired) electrons. The number of benzene rings is 7. The third-order valence-corrected chi connectivity index (χ3v) is 20.2. The van der Waals surface area contributed by atoms with Gasteiger partial charge in [-0.3, -0.25) is 0 Å². The molecule has 0 bridgehead atoms. The molecule has 312 valence electrons. The molecule has 7 aromatic carbocycles. The van der Waals surface area contributed by atoms with Crippen LogP contribution in [0.4, 0.5) is 0 Å². The first-order valence-electron chi connectivity index (χ1n) is 20.5. The molecular formula is C53H58Br2O3P2. The summed E-state index contributed by atoms with van der Waals surface area (Å²) in [4.78, 5) is 0. The smallest absolute Gasteiger partial charge is 0.126 e. The van der Waals surface area contributed by atoms with Crippen molar-refractivity contribution < 1.29 is 48.9 Å². The van der Waals surface area contributed by atoms with E-state index >= 15 is 0 Å². The van der Waals surface area contributed by atoms with Crippen LogP contribution in [0.2, 0.25) is 0 Å². The first-order chi connectivity index (χ1) is 28.1. The van der Waals surface area contributed by atoms with Gasteiger partial charge in [-0.15, -0.1) is 0 Å². The molecule has 0 saturated carbocycles. The average molecular weight is 965 g/mol. The largest absolute Gasteiger partial charge is 1.00 e. The lowest BCUT2D eigenvalue weighted by Gasteiger charge is -2.30. The van der Waals surface area contributed by atoms with Crippen LogP contribution < -0.4 is 75.3 Å². The molecule has 0 aliphatic heterocycles. The Labute approximate surface area is 381 Å². The van der Waals surface area contributed by atoms with E-state index in [1.807, 2.05) is 7.11 Å². The summed E-state index contributed by atoms with van der Waals surface area (Å²) in [6, 6.07) is 71.6. The van der Waals surface area contributed by atoms with Gasteiger partial charge in [-0.1, -0.05) is 142 Å². The zero-order chi connectivity index (χ0) is 39.3. The van der Waals surface area contributed by atoms with Gasteiger partial charge in [0.05, 0.1) is 13.7 Å². The lowest BCUT2D eigenvalue weighted by Crippen LogP contribution is -3.00. The molecule has 1 unspecified atom stereocenters. The number of methoxy groups -OCH3 is 1. The Morgan fingerprint density at radius 3 is 1.03 bits per heavy atom. The highest BCUT2D eigenvalue weighted by Crippen LogP contribution is 2.62. The molecule has 7 heteroatoms. The standard InChI is InChI=1S/C53H56O2P2.2BrH.H2O/c1-4-6-25-43(5-2)40-55-53-39-44(41-56(46-26-13-7-14-27-46,47-28-15-8-16-29-47)48-30-17-9-18-31-48)52(54-3)38-45(53)42-57(49-32-19-10-20-33-49,50-34-21-11-22-35-50)51-36-23-12-24-37-51;;;/h7-24,26-39,43H,4-6,25,40-42H2,1-3H3;2*1H;1H2/q+2;;;/p-2. The summed E-state index contributed by atoms with van der Waals surface area (Å²) < 4.78 is 13.7. The molecule has 0 amide bonds. The Kier molecular flexibility index (Phi) is 19.3. The van der Waals surface area contributed by atoms with E-state index in [9.17, 15) is 0 Å². The molecule has 0 fully saturated rings. The molecule has 0 aliphatic rings. The zero-order valence-corrected chi connectivity index (χ0v) is 39.9. The maximum atomic E-state index is 7.19. The monoisotopic (exact) mass is 962 g/mol. The molecule has 0 saturated heterocycles. The number of halogens is 2. The fourth-order valence-electron chi connectivity index (χ4n) is 8.37. The van der Waals surface area contributed by atoms with E-state index in [2.05, 4.69) is 208 Å². The molecule has 7 rings (SSSR count). The van der Waals surface area contributed by atoms with E-state index in [-0.39, 0.29) is 39.4 Å². The van der Waals surface area contributed by atoms with Crippen LogP contribution in [-0.2, 0) is 12.3 Å². The van der Waals surface area contributed by atoms with Gasteiger partial charge in [0.1, 0.15) is 70.2 Å². The van der Waals surface area contributed by atoms with Crippen molar-refractivity contribution in [1.82, 2.24) is 0 Å². The van der Waals surface area contributed by atoms with Crippen molar-refractivity contribution in [3.05, 3.63) is 205 Å². The van der Waals surface area contributed by atoms with Gasteiger partial charge in [-0.2, -0.15) is 0 Å². The number of rotatable bonds is 18. The summed E-state index contributed by atoms with van der Waals surface area (Å²) in [7, 11) is -2.62. The summed E-state index contributed by atoms with van der Waals surface area (Å²) in [5.74, 6) is 2.37. The van der Waals surface area contributed by atoms with Crippen molar-refractivity contribution in [2.75, 3.05) is 13.7 Å². The molecule has 1 atom stereocenters. The molecule has 3 nitrogen and oxygen atoms in total. The lowest BCUT2D eigenvalue weighted by molar-refractivity contribution is -0.00100. The van der Waals surface area contributed by atoms with Gasteiger partial charge in [-0.25, -0.2) is 0 Å². The minimum atomic E-state index is -2.23. The van der Waals surface area contributed by atoms with Gasteiger partial charge in [0.2, 0.25) is 0 Å². The van der Waals surface area contributed by atoms with Crippen LogP contribution in [0.5, 0.6) is 11.5 Å². The summed E-state index contributed by atoms with van der Waals surface area (Å²) in [5, 5.41) is 8.12. The molecule has 60 heavy (non-hydrogen) atoms. The Hall–Kier alpha value is -4.08. The van der Waals surface area contributed by atoms with Gasteiger partial charge >= 0.3 is 0 Å². The second-order valence-corrected chi connectivity index (χ2v) is 21.9. The maximum absolute atomic E-state index is 7.19. The Morgan fingerprint density at radius 1 is 0.450 bits per heavy atom. The van der Waals surface area contributed by atoms with Crippen molar-refractivity contribution in [3.63, 3.8) is 0 Å². The topological polar surface area (TPSA) is 50.0 Å². The second kappa shape index (κ2) is 23.8. The Morgan fingerprint density at radius 2 is 0.750 bits per heavy atom. The fourth-order valence-corrected chi connectivity index (χ4v) is 16.9. The fraction of sp³-hybridized carbons (Fsp3) is 0.208. The van der Waals surface area contributed by atoms with Crippen LogP contribution in [0.1, 0.15) is 50.7 Å². The minimum absolute atomic E-state index is 0. The van der Waals surface area contributed by atoms with Crippen LogP contribution in [0.25, 0.3) is 0 Å². The number of unbranched alkanes of at least 4 members (excludes halogenated alkanes) is 1. The van der Waals surface area contributed by atoms with Crippen LogP contribution in [0.15, 0.2) is 194 Å². The van der Waals surface area contributed by atoms with E-state index in [0.717, 1.165) is 30.2 Å². The predicted octanol–water partition coefficient (Wildman–Crippen LogP) is 4.46. The van der Waals surface area contributed by atoms with E-state index in [1.54, 1.807) is 0 Å². The van der Waals surface area contributed by atoms with Crippen molar-refractivity contribution in [1.29, 1.82) is 0 Å². The number of hydrogen-bond acceptors (Lipinski definition) is 2. The molecule has 0 spiro atoms. The molecule has 0 heterocycles. The second-order valence-electron chi connectivity index (χ2n) is 14.9. The van der Waals surface area contributed by atoms with Crippen molar-refractivity contribution in [3.8, 4) is 11.5 Å². The van der Waals surface area contributed by atoms with Crippen LogP contribution in [0.3, 0.4) is 0 Å². The number of hydrogen-bond donors (Lipinski definition) is 0. The quantitative estimate of drug-likeness (QED) is 0.120. The molecule has 0 aromatic heterocycles. The minimum Gasteiger partial charge on any atom is -1.00 e. The summed E-state index contributed by atoms with van der Waals surface area (Å²) in [6.45, 7) is 5.28. The van der Waals surface area contributed by atoms with E-state index in [4.69, 9.17) is 9.47 Å². The summed E-state index contributed by atoms with van der Waals surface area (Å²) in [6.07, 6.45) is 6.28. The Bertz CT molecular complexity index is 2070. The van der Waals surface area contributed by atoms with Gasteiger partial charge in [0.15, 0.2) is 0 Å². The molecule has 2 N–H and O–H groups in total. The van der Waals surface area contributed by atoms with Crippen LogP contribution in [0, 0.1) is 5.92 Å². The highest BCUT2D eigenvalue weighted by Gasteiger charge is 2.48. The average Bonchev–Trinajstić information content (AvgIpc) is 3.29. The molecule has 0 aliphatic carbocycles. The first-order valence-corrected chi connectivity index (χ1v) is 24.5. The van der Waals surface area contributed by atoms with Gasteiger partial charge in [-0.05, 0) is 97.3 Å². The van der Waals surface area contributed by atoms with E-state index in [1.165, 1.54) is 62.2 Å². The summed E-state index contributed by atoms with van der Waals surface area (Å²) in [5.41, 5.74) is 2.36. The van der Waals surface area contributed by atoms with E-state index < -0.39 is 14.5 Å². The first kappa shape index (κ1) is 48.6. The number of ether oxygens (including phenoxy) is 2. The highest BCUT2D eigenvalue weighted by molar-refractivity contribution is 7.95. The maximum Gasteiger partial charge on any atom is 0.126 e. The zero-order valence-electron chi connectivity index (χ0n) is 35.0. The normalized spacial score (nSPS) is 11.6. The van der Waals surface area contributed by atoms with Crippen molar-refractivity contribution >= 4 is 46.4 Å². The molecular weight excluding hydrogens is 906 g/mol.